The third kappa shape index (κ3) is 2.67. The maximum atomic E-state index is 13.5. The van der Waals surface area contributed by atoms with Gasteiger partial charge in [-0.05, 0) is 30.9 Å². The molecule has 1 aliphatic carbocycles. The van der Waals surface area contributed by atoms with Crippen LogP contribution in [0.25, 0.3) is 0 Å². The van der Waals surface area contributed by atoms with Gasteiger partial charge in [-0.1, -0.05) is 6.07 Å². The van der Waals surface area contributed by atoms with Crippen molar-refractivity contribution in [1.29, 1.82) is 0 Å². The van der Waals surface area contributed by atoms with Crippen molar-refractivity contribution in [3.05, 3.63) is 35.4 Å². The molecule has 2 rings (SSSR count). The smallest absolute Gasteiger partial charge is 0.224 e. The van der Waals surface area contributed by atoms with E-state index in [0.717, 1.165) is 6.07 Å². The number of carbonyl (C=O) groups excluding carboxylic acids is 1. The number of nitrogens with one attached hydrogen (secondary N) is 1. The SMILES string of the molecule is C[C@@H](CN)NC(=O)C1CC1c1ccc(F)cc1F. The molecule has 1 fully saturated rings. The first-order valence-corrected chi connectivity index (χ1v) is 5.98. The molecule has 1 aromatic rings. The van der Waals surface area contributed by atoms with Crippen molar-refractivity contribution in [2.24, 2.45) is 11.7 Å². The molecule has 3 atom stereocenters. The number of halogens is 2. The lowest BCUT2D eigenvalue weighted by molar-refractivity contribution is -0.122. The van der Waals surface area contributed by atoms with Crippen LogP contribution >= 0.6 is 0 Å². The number of rotatable bonds is 4. The number of carbonyl (C=O) groups is 1. The lowest BCUT2D eigenvalue weighted by Gasteiger charge is -2.11. The molecular formula is C13H16F2N2O. The quantitative estimate of drug-likeness (QED) is 0.856. The first-order valence-electron chi connectivity index (χ1n) is 5.98. The van der Waals surface area contributed by atoms with Crippen LogP contribution in [-0.2, 0) is 4.79 Å². The number of amides is 1. The minimum Gasteiger partial charge on any atom is -0.352 e. The van der Waals surface area contributed by atoms with Gasteiger partial charge in [0.25, 0.3) is 0 Å². The van der Waals surface area contributed by atoms with E-state index in [9.17, 15) is 13.6 Å². The minimum absolute atomic E-state index is 0.0863. The number of nitrogens with two attached hydrogens (primary N) is 1. The predicted molar refractivity (Wildman–Crippen MR) is 63.9 cm³/mol. The molecule has 3 N–H and O–H groups in total. The molecule has 5 heteroatoms. The van der Waals surface area contributed by atoms with E-state index in [1.165, 1.54) is 12.1 Å². The van der Waals surface area contributed by atoms with Gasteiger partial charge < -0.3 is 11.1 Å². The Bertz CT molecular complexity index is 464. The van der Waals surface area contributed by atoms with Crippen LogP contribution < -0.4 is 11.1 Å². The Balaban J connectivity index is 2.00. The summed E-state index contributed by atoms with van der Waals surface area (Å²) in [4.78, 5) is 11.8. The van der Waals surface area contributed by atoms with Crippen LogP contribution in [0.5, 0.6) is 0 Å². The monoisotopic (exact) mass is 254 g/mol. The van der Waals surface area contributed by atoms with Gasteiger partial charge in [0.2, 0.25) is 5.91 Å². The molecule has 2 unspecified atom stereocenters. The van der Waals surface area contributed by atoms with Crippen molar-refractivity contribution >= 4 is 5.91 Å². The molecule has 1 aromatic carbocycles. The van der Waals surface area contributed by atoms with Crippen molar-refractivity contribution in [3.63, 3.8) is 0 Å². The van der Waals surface area contributed by atoms with Crippen LogP contribution in [0.15, 0.2) is 18.2 Å². The van der Waals surface area contributed by atoms with E-state index in [-0.39, 0.29) is 23.8 Å². The standard InChI is InChI=1S/C13H16F2N2O/c1-7(6-16)17-13(18)11-5-10(11)9-3-2-8(14)4-12(9)15/h2-4,7,10-11H,5-6,16H2,1H3,(H,17,18)/t7-,10?,11?/m0/s1. The second-order valence-electron chi connectivity index (χ2n) is 4.76. The number of benzene rings is 1. The van der Waals surface area contributed by atoms with Gasteiger partial charge in [-0.15, -0.1) is 0 Å². The summed E-state index contributed by atoms with van der Waals surface area (Å²) in [6, 6.07) is 3.39. The highest BCUT2D eigenvalue weighted by Crippen LogP contribution is 2.48. The van der Waals surface area contributed by atoms with Crippen molar-refractivity contribution in [2.45, 2.75) is 25.3 Å². The van der Waals surface area contributed by atoms with E-state index in [1.807, 2.05) is 6.92 Å². The van der Waals surface area contributed by atoms with Gasteiger partial charge in [0.15, 0.2) is 0 Å². The van der Waals surface area contributed by atoms with Crippen molar-refractivity contribution in [3.8, 4) is 0 Å². The Kier molecular flexibility index (Phi) is 3.61. The zero-order valence-corrected chi connectivity index (χ0v) is 10.1. The topological polar surface area (TPSA) is 55.1 Å². The van der Waals surface area contributed by atoms with Crippen molar-refractivity contribution in [2.75, 3.05) is 6.54 Å². The fourth-order valence-electron chi connectivity index (χ4n) is 2.04. The third-order valence-corrected chi connectivity index (χ3v) is 3.23. The van der Waals surface area contributed by atoms with Gasteiger partial charge in [-0.25, -0.2) is 8.78 Å². The first kappa shape index (κ1) is 13.0. The average molecular weight is 254 g/mol. The molecule has 1 saturated carbocycles. The zero-order valence-electron chi connectivity index (χ0n) is 10.1. The molecular weight excluding hydrogens is 238 g/mol. The highest BCUT2D eigenvalue weighted by Gasteiger charge is 2.45. The van der Waals surface area contributed by atoms with Crippen LogP contribution in [0.4, 0.5) is 8.78 Å². The van der Waals surface area contributed by atoms with Gasteiger partial charge in [0.05, 0.1) is 0 Å². The summed E-state index contributed by atoms with van der Waals surface area (Å²) in [7, 11) is 0. The first-order chi connectivity index (χ1) is 8.52. The molecule has 1 amide bonds. The highest BCUT2D eigenvalue weighted by molar-refractivity contribution is 5.83. The molecule has 18 heavy (non-hydrogen) atoms. The highest BCUT2D eigenvalue weighted by atomic mass is 19.1. The Morgan fingerprint density at radius 2 is 2.28 bits per heavy atom. The van der Waals surface area contributed by atoms with Crippen LogP contribution in [0.1, 0.15) is 24.8 Å². The molecule has 0 spiro atoms. The summed E-state index contributed by atoms with van der Waals surface area (Å²) in [5.74, 6) is -1.66. The van der Waals surface area contributed by atoms with Crippen molar-refractivity contribution < 1.29 is 13.6 Å². The van der Waals surface area contributed by atoms with Crippen LogP contribution in [-0.4, -0.2) is 18.5 Å². The molecule has 0 heterocycles. The minimum atomic E-state index is -0.602. The van der Waals surface area contributed by atoms with Gasteiger partial charge in [0.1, 0.15) is 11.6 Å². The fraction of sp³-hybridized carbons (Fsp3) is 0.462. The Morgan fingerprint density at radius 1 is 1.56 bits per heavy atom. The van der Waals surface area contributed by atoms with E-state index in [4.69, 9.17) is 5.73 Å². The molecule has 3 nitrogen and oxygen atoms in total. The molecule has 0 aliphatic heterocycles. The molecule has 0 aromatic heterocycles. The van der Waals surface area contributed by atoms with Crippen LogP contribution in [0.2, 0.25) is 0 Å². The summed E-state index contributed by atoms with van der Waals surface area (Å²) in [6.45, 7) is 2.18. The molecule has 0 saturated heterocycles. The maximum Gasteiger partial charge on any atom is 0.224 e. The molecule has 0 radical (unpaired) electrons. The second kappa shape index (κ2) is 5.02. The van der Waals surface area contributed by atoms with Crippen LogP contribution in [0, 0.1) is 17.6 Å². The zero-order chi connectivity index (χ0) is 13.3. The summed E-state index contributed by atoms with van der Waals surface area (Å²) < 4.78 is 26.3. The Morgan fingerprint density at radius 3 is 2.89 bits per heavy atom. The van der Waals surface area contributed by atoms with Crippen molar-refractivity contribution in [1.82, 2.24) is 5.32 Å². The second-order valence-corrected chi connectivity index (χ2v) is 4.76. The molecule has 1 aliphatic rings. The van der Waals surface area contributed by atoms with E-state index in [0.29, 0.717) is 18.5 Å². The summed E-state index contributed by atoms with van der Waals surface area (Å²) in [5, 5.41) is 2.76. The third-order valence-electron chi connectivity index (χ3n) is 3.23. The Labute approximate surface area is 104 Å². The molecule has 0 bridgehead atoms. The van der Waals surface area contributed by atoms with Crippen LogP contribution in [0.3, 0.4) is 0 Å². The molecule has 98 valence electrons. The summed E-state index contributed by atoms with van der Waals surface area (Å²) >= 11 is 0. The fourth-order valence-corrected chi connectivity index (χ4v) is 2.04. The normalized spacial score (nSPS) is 23.6. The van der Waals surface area contributed by atoms with E-state index in [1.54, 1.807) is 0 Å². The maximum absolute atomic E-state index is 13.5. The number of hydrogen-bond acceptors (Lipinski definition) is 2. The van der Waals surface area contributed by atoms with Gasteiger partial charge in [0, 0.05) is 24.6 Å². The number of hydrogen-bond donors (Lipinski definition) is 2. The lowest BCUT2D eigenvalue weighted by atomic mass is 10.1. The van der Waals surface area contributed by atoms with E-state index < -0.39 is 11.6 Å². The van der Waals surface area contributed by atoms with E-state index >= 15 is 0 Å². The van der Waals surface area contributed by atoms with E-state index in [2.05, 4.69) is 5.32 Å². The lowest BCUT2D eigenvalue weighted by Crippen LogP contribution is -2.38. The summed E-state index contributed by atoms with van der Waals surface area (Å²) in [5.41, 5.74) is 5.82. The average Bonchev–Trinajstić information content (AvgIpc) is 3.08. The largest absolute Gasteiger partial charge is 0.352 e. The van der Waals surface area contributed by atoms with Gasteiger partial charge in [-0.3, -0.25) is 4.79 Å². The summed E-state index contributed by atoms with van der Waals surface area (Å²) in [6.07, 6.45) is 0.603. The Hall–Kier alpha value is -1.49. The van der Waals surface area contributed by atoms with Gasteiger partial charge in [-0.2, -0.15) is 0 Å². The van der Waals surface area contributed by atoms with Gasteiger partial charge >= 0.3 is 0 Å². The predicted octanol–water partition coefficient (Wildman–Crippen LogP) is 1.53.